The number of methoxy groups -OCH3 is 2. The summed E-state index contributed by atoms with van der Waals surface area (Å²) in [4.78, 5) is 16.9. The topological polar surface area (TPSA) is 72.5 Å². The van der Waals surface area contributed by atoms with E-state index in [1.807, 2.05) is 0 Å². The van der Waals surface area contributed by atoms with Crippen LogP contribution in [0.3, 0.4) is 0 Å². The first kappa shape index (κ1) is 20.1. The zero-order chi connectivity index (χ0) is 20.6. The SMILES string of the molecule is COc1ccc(OC)c(NC(=O)c2ccnc(NCCc3ccc(F)cc3)c2)c1. The molecule has 0 saturated carbocycles. The van der Waals surface area contributed by atoms with E-state index in [4.69, 9.17) is 9.47 Å². The molecule has 0 saturated heterocycles. The molecule has 0 spiro atoms. The van der Waals surface area contributed by atoms with Gasteiger partial charge in [-0.05, 0) is 48.4 Å². The Morgan fingerprint density at radius 2 is 1.83 bits per heavy atom. The van der Waals surface area contributed by atoms with Crippen molar-refractivity contribution >= 4 is 17.4 Å². The molecule has 3 rings (SSSR count). The third-order valence-electron chi connectivity index (χ3n) is 4.31. The maximum absolute atomic E-state index is 13.0. The fraction of sp³-hybridized carbons (Fsp3) is 0.182. The van der Waals surface area contributed by atoms with Gasteiger partial charge in [-0.25, -0.2) is 9.37 Å². The number of hydrogen-bond acceptors (Lipinski definition) is 5. The molecule has 2 aromatic carbocycles. The highest BCUT2D eigenvalue weighted by Crippen LogP contribution is 2.29. The number of amides is 1. The highest BCUT2D eigenvalue weighted by molar-refractivity contribution is 6.05. The molecule has 0 fully saturated rings. The number of anilines is 2. The van der Waals surface area contributed by atoms with Crippen LogP contribution in [0.4, 0.5) is 15.9 Å². The van der Waals surface area contributed by atoms with Gasteiger partial charge in [-0.3, -0.25) is 4.79 Å². The van der Waals surface area contributed by atoms with E-state index in [2.05, 4.69) is 15.6 Å². The second kappa shape index (κ2) is 9.54. The molecule has 1 aromatic heterocycles. The van der Waals surface area contributed by atoms with Crippen LogP contribution in [-0.2, 0) is 6.42 Å². The van der Waals surface area contributed by atoms with Gasteiger partial charge >= 0.3 is 0 Å². The first-order valence-electron chi connectivity index (χ1n) is 9.07. The van der Waals surface area contributed by atoms with E-state index >= 15 is 0 Å². The zero-order valence-corrected chi connectivity index (χ0v) is 16.2. The number of nitrogens with zero attached hydrogens (tertiary/aromatic N) is 1. The van der Waals surface area contributed by atoms with Gasteiger partial charge in [0.2, 0.25) is 0 Å². The molecule has 6 nitrogen and oxygen atoms in total. The van der Waals surface area contributed by atoms with Gasteiger partial charge in [0.1, 0.15) is 23.1 Å². The van der Waals surface area contributed by atoms with Crippen LogP contribution < -0.4 is 20.1 Å². The highest BCUT2D eigenvalue weighted by Gasteiger charge is 2.12. The smallest absolute Gasteiger partial charge is 0.255 e. The van der Waals surface area contributed by atoms with Gasteiger partial charge in [0.05, 0.1) is 19.9 Å². The number of benzene rings is 2. The Bertz CT molecular complexity index is 977. The highest BCUT2D eigenvalue weighted by atomic mass is 19.1. The summed E-state index contributed by atoms with van der Waals surface area (Å²) in [5.74, 6) is 1.18. The molecule has 1 amide bonds. The average Bonchev–Trinajstić information content (AvgIpc) is 2.75. The van der Waals surface area contributed by atoms with E-state index in [1.165, 1.54) is 19.2 Å². The normalized spacial score (nSPS) is 10.3. The Labute approximate surface area is 168 Å². The maximum Gasteiger partial charge on any atom is 0.255 e. The molecule has 1 heterocycles. The second-order valence-electron chi connectivity index (χ2n) is 6.25. The molecule has 2 N–H and O–H groups in total. The molecule has 29 heavy (non-hydrogen) atoms. The molecule has 0 unspecified atom stereocenters. The lowest BCUT2D eigenvalue weighted by Gasteiger charge is -2.12. The molecule has 0 bridgehead atoms. The minimum absolute atomic E-state index is 0.255. The Morgan fingerprint density at radius 3 is 2.55 bits per heavy atom. The molecule has 0 aliphatic carbocycles. The van der Waals surface area contributed by atoms with Gasteiger partial charge in [-0.1, -0.05) is 12.1 Å². The minimum atomic E-state index is -0.291. The first-order valence-corrected chi connectivity index (χ1v) is 9.07. The Kier molecular flexibility index (Phi) is 6.63. The lowest BCUT2D eigenvalue weighted by atomic mass is 10.1. The Hall–Kier alpha value is -3.61. The summed E-state index contributed by atoms with van der Waals surface area (Å²) >= 11 is 0. The summed E-state index contributed by atoms with van der Waals surface area (Å²) in [6.45, 7) is 0.605. The Morgan fingerprint density at radius 1 is 1.03 bits per heavy atom. The largest absolute Gasteiger partial charge is 0.497 e. The number of pyridine rings is 1. The summed E-state index contributed by atoms with van der Waals surface area (Å²) in [7, 11) is 3.09. The van der Waals surface area contributed by atoms with Crippen molar-refractivity contribution in [3.8, 4) is 11.5 Å². The standard InChI is InChI=1S/C22H22FN3O3/c1-28-18-7-8-20(29-2)19(14-18)26-22(27)16-10-12-25-21(13-16)24-11-9-15-3-5-17(23)6-4-15/h3-8,10,12-14H,9,11H2,1-2H3,(H,24,25)(H,26,27). The van der Waals surface area contributed by atoms with Crippen molar-refractivity contribution in [3.05, 3.63) is 77.7 Å². The van der Waals surface area contributed by atoms with Gasteiger partial charge < -0.3 is 20.1 Å². The number of carbonyl (C=O) groups excluding carboxylic acids is 1. The van der Waals surface area contributed by atoms with Crippen LogP contribution in [0.2, 0.25) is 0 Å². The van der Waals surface area contributed by atoms with Crippen molar-refractivity contribution in [1.82, 2.24) is 4.98 Å². The molecule has 0 radical (unpaired) electrons. The van der Waals surface area contributed by atoms with E-state index in [0.717, 1.165) is 5.56 Å². The monoisotopic (exact) mass is 395 g/mol. The number of ether oxygens (including phenoxy) is 2. The van der Waals surface area contributed by atoms with Crippen LogP contribution in [0.1, 0.15) is 15.9 Å². The van der Waals surface area contributed by atoms with Crippen molar-refractivity contribution in [1.29, 1.82) is 0 Å². The predicted molar refractivity (Wildman–Crippen MR) is 110 cm³/mol. The summed E-state index contributed by atoms with van der Waals surface area (Å²) in [6.07, 6.45) is 2.28. The molecule has 7 heteroatoms. The fourth-order valence-corrected chi connectivity index (χ4v) is 2.76. The Balaban J connectivity index is 1.64. The van der Waals surface area contributed by atoms with Gasteiger partial charge in [-0.2, -0.15) is 0 Å². The van der Waals surface area contributed by atoms with Crippen LogP contribution in [0.25, 0.3) is 0 Å². The fourth-order valence-electron chi connectivity index (χ4n) is 2.76. The quantitative estimate of drug-likeness (QED) is 0.600. The molecule has 0 aliphatic rings. The number of halogens is 1. The van der Waals surface area contributed by atoms with Crippen molar-refractivity contribution in [3.63, 3.8) is 0 Å². The van der Waals surface area contributed by atoms with Gasteiger partial charge in [0, 0.05) is 24.4 Å². The predicted octanol–water partition coefficient (Wildman–Crippen LogP) is 4.14. The van der Waals surface area contributed by atoms with Crippen molar-refractivity contribution in [2.45, 2.75) is 6.42 Å². The van der Waals surface area contributed by atoms with Crippen LogP contribution in [0.15, 0.2) is 60.8 Å². The van der Waals surface area contributed by atoms with E-state index in [9.17, 15) is 9.18 Å². The van der Waals surface area contributed by atoms with Crippen molar-refractivity contribution in [2.75, 3.05) is 31.4 Å². The number of carbonyl (C=O) groups is 1. The number of nitrogens with one attached hydrogen (secondary N) is 2. The summed E-state index contributed by atoms with van der Waals surface area (Å²) in [6, 6.07) is 14.8. The molecule has 0 aliphatic heterocycles. The number of hydrogen-bond donors (Lipinski definition) is 2. The number of rotatable bonds is 8. The summed E-state index contributed by atoms with van der Waals surface area (Å²) in [5, 5.41) is 6.01. The first-order chi connectivity index (χ1) is 14.1. The van der Waals surface area contributed by atoms with E-state index in [0.29, 0.717) is 41.5 Å². The van der Waals surface area contributed by atoms with Crippen molar-refractivity contribution < 1.29 is 18.7 Å². The van der Waals surface area contributed by atoms with E-state index < -0.39 is 0 Å². The van der Waals surface area contributed by atoms with Crippen LogP contribution in [0.5, 0.6) is 11.5 Å². The van der Waals surface area contributed by atoms with Gasteiger partial charge in [0.25, 0.3) is 5.91 Å². The molecule has 150 valence electrons. The van der Waals surface area contributed by atoms with E-state index in [1.54, 1.807) is 55.8 Å². The van der Waals surface area contributed by atoms with Gasteiger partial charge in [-0.15, -0.1) is 0 Å². The van der Waals surface area contributed by atoms with E-state index in [-0.39, 0.29) is 11.7 Å². The molecule has 3 aromatic rings. The second-order valence-corrected chi connectivity index (χ2v) is 6.25. The average molecular weight is 395 g/mol. The van der Waals surface area contributed by atoms with Crippen molar-refractivity contribution in [2.24, 2.45) is 0 Å². The van der Waals surface area contributed by atoms with Crippen LogP contribution >= 0.6 is 0 Å². The summed E-state index contributed by atoms with van der Waals surface area (Å²) < 4.78 is 23.5. The third-order valence-corrected chi connectivity index (χ3v) is 4.31. The van der Waals surface area contributed by atoms with Gasteiger partial charge in [0.15, 0.2) is 0 Å². The molecular formula is C22H22FN3O3. The lowest BCUT2D eigenvalue weighted by molar-refractivity contribution is 0.102. The third kappa shape index (κ3) is 5.44. The lowest BCUT2D eigenvalue weighted by Crippen LogP contribution is -2.14. The number of aromatic nitrogens is 1. The molecular weight excluding hydrogens is 373 g/mol. The van der Waals surface area contributed by atoms with Crippen LogP contribution in [-0.4, -0.2) is 31.7 Å². The molecule has 0 atom stereocenters. The van der Waals surface area contributed by atoms with Crippen LogP contribution in [0, 0.1) is 5.82 Å². The zero-order valence-electron chi connectivity index (χ0n) is 16.2. The maximum atomic E-state index is 13.0. The summed E-state index contributed by atoms with van der Waals surface area (Å²) in [5.41, 5.74) is 1.98. The minimum Gasteiger partial charge on any atom is -0.497 e.